The van der Waals surface area contributed by atoms with Gasteiger partial charge in [-0.1, -0.05) is 44.0 Å². The molecule has 0 unspecified atom stereocenters. The summed E-state index contributed by atoms with van der Waals surface area (Å²) in [6.07, 6.45) is 9.75. The van der Waals surface area contributed by atoms with E-state index in [1.54, 1.807) is 22.0 Å². The molecule has 1 fully saturated rings. The number of carbonyl (C=O) groups excluding carboxylic acids is 1. The predicted molar refractivity (Wildman–Crippen MR) is 153 cm³/mol. The van der Waals surface area contributed by atoms with Crippen LogP contribution in [0.25, 0.3) is 32.9 Å². The molecule has 0 spiro atoms. The average molecular weight is 527 g/mol. The van der Waals surface area contributed by atoms with Crippen LogP contribution in [0.5, 0.6) is 0 Å². The second kappa shape index (κ2) is 10.5. The van der Waals surface area contributed by atoms with Crippen LogP contribution in [0.1, 0.15) is 54.3 Å². The lowest BCUT2D eigenvalue weighted by Crippen LogP contribution is -2.31. The van der Waals surface area contributed by atoms with Crippen LogP contribution in [-0.2, 0) is 4.74 Å². The summed E-state index contributed by atoms with van der Waals surface area (Å²) in [6.45, 7) is 4.37. The molecule has 1 aliphatic heterocycles. The van der Waals surface area contributed by atoms with Gasteiger partial charge < -0.3 is 9.64 Å². The van der Waals surface area contributed by atoms with E-state index in [4.69, 9.17) is 9.72 Å². The van der Waals surface area contributed by atoms with Crippen LogP contribution in [-0.4, -0.2) is 52.7 Å². The number of rotatable bonds is 5. The number of thiophene rings is 1. The van der Waals surface area contributed by atoms with E-state index in [2.05, 4.69) is 54.3 Å². The van der Waals surface area contributed by atoms with Crippen LogP contribution >= 0.6 is 11.3 Å². The van der Waals surface area contributed by atoms with E-state index in [0.29, 0.717) is 5.92 Å². The number of methoxy groups -OCH3 is 1. The third-order valence-electron chi connectivity index (χ3n) is 8.21. The molecule has 0 amide bonds. The Kier molecular flexibility index (Phi) is 6.89. The Labute approximate surface area is 228 Å². The van der Waals surface area contributed by atoms with E-state index in [1.807, 2.05) is 18.3 Å². The molecule has 0 N–H and O–H groups in total. The first kappa shape index (κ1) is 25.0. The number of nitrogens with zero attached hydrogens (tertiary/aromatic N) is 4. The Hall–Kier alpha value is -3.29. The minimum atomic E-state index is -0.242. The lowest BCUT2D eigenvalue weighted by Gasteiger charge is -2.35. The predicted octanol–water partition coefficient (Wildman–Crippen LogP) is 6.83. The van der Waals surface area contributed by atoms with Gasteiger partial charge in [0.25, 0.3) is 0 Å². The Morgan fingerprint density at radius 2 is 1.84 bits per heavy atom. The molecule has 1 aliphatic carbocycles. The van der Waals surface area contributed by atoms with Crippen LogP contribution in [0, 0.1) is 11.8 Å². The highest BCUT2D eigenvalue weighted by Crippen LogP contribution is 2.43. The highest BCUT2D eigenvalue weighted by atomic mass is 32.1. The highest BCUT2D eigenvalue weighted by molar-refractivity contribution is 7.17. The van der Waals surface area contributed by atoms with E-state index in [0.717, 1.165) is 63.2 Å². The van der Waals surface area contributed by atoms with Crippen molar-refractivity contribution >= 4 is 28.5 Å². The highest BCUT2D eigenvalue weighted by Gasteiger charge is 2.30. The van der Waals surface area contributed by atoms with Gasteiger partial charge in [0.15, 0.2) is 5.65 Å². The van der Waals surface area contributed by atoms with Crippen molar-refractivity contribution in [2.24, 2.45) is 11.8 Å². The SMILES string of the molecule is COC(=O)c1sc(-c2ccc(-c3cn4ncccc4n3)cc2)cc1C1=C(C2CCC(C)CC2)CN(C)CC1. The first-order valence-electron chi connectivity index (χ1n) is 13.5. The Bertz CT molecular complexity index is 1460. The van der Waals surface area contributed by atoms with Crippen LogP contribution < -0.4 is 0 Å². The van der Waals surface area contributed by atoms with Gasteiger partial charge in [0.05, 0.1) is 19.0 Å². The maximum atomic E-state index is 13.0. The van der Waals surface area contributed by atoms with Gasteiger partial charge in [-0.15, -0.1) is 11.3 Å². The van der Waals surface area contributed by atoms with Crippen molar-refractivity contribution in [1.82, 2.24) is 19.5 Å². The quantitative estimate of drug-likeness (QED) is 0.267. The zero-order chi connectivity index (χ0) is 26.2. The van der Waals surface area contributed by atoms with Crippen molar-refractivity contribution < 1.29 is 9.53 Å². The standard InChI is InChI=1S/C31H34N4O2S/c1-20-6-8-21(9-7-20)26-18-34(2)16-14-24(26)25-17-28(38-30(25)31(36)37-3)23-12-10-22(11-13-23)27-19-35-29(33-27)5-4-15-32-35/h4-5,10-13,15,17,19-21H,6-9,14,16,18H2,1-3H3. The van der Waals surface area contributed by atoms with Crippen molar-refractivity contribution in [3.63, 3.8) is 0 Å². The zero-order valence-electron chi connectivity index (χ0n) is 22.3. The minimum absolute atomic E-state index is 0.242. The van der Waals surface area contributed by atoms with Crippen molar-refractivity contribution in [2.75, 3.05) is 27.2 Å². The number of hydrogen-bond donors (Lipinski definition) is 0. The maximum Gasteiger partial charge on any atom is 0.348 e. The molecule has 7 heteroatoms. The van der Waals surface area contributed by atoms with E-state index in [9.17, 15) is 4.79 Å². The fourth-order valence-electron chi connectivity index (χ4n) is 6.00. The molecule has 3 aromatic heterocycles. The molecule has 0 saturated heterocycles. The van der Waals surface area contributed by atoms with E-state index >= 15 is 0 Å². The zero-order valence-corrected chi connectivity index (χ0v) is 23.1. The molecule has 38 heavy (non-hydrogen) atoms. The summed E-state index contributed by atoms with van der Waals surface area (Å²) in [6, 6.07) is 14.5. The maximum absolute atomic E-state index is 13.0. The molecule has 4 aromatic rings. The summed E-state index contributed by atoms with van der Waals surface area (Å²) < 4.78 is 7.05. The third kappa shape index (κ3) is 4.81. The van der Waals surface area contributed by atoms with Crippen LogP contribution in [0.2, 0.25) is 0 Å². The average Bonchev–Trinajstić information content (AvgIpc) is 3.58. The Morgan fingerprint density at radius 3 is 2.58 bits per heavy atom. The van der Waals surface area contributed by atoms with Gasteiger partial charge in [-0.2, -0.15) is 5.10 Å². The summed E-state index contributed by atoms with van der Waals surface area (Å²) in [5, 5.41) is 4.33. The number of aromatic nitrogens is 3. The summed E-state index contributed by atoms with van der Waals surface area (Å²) in [5.74, 6) is 1.18. The van der Waals surface area contributed by atoms with Gasteiger partial charge in [0, 0.05) is 35.3 Å². The van der Waals surface area contributed by atoms with Crippen molar-refractivity contribution in [2.45, 2.75) is 39.0 Å². The van der Waals surface area contributed by atoms with Gasteiger partial charge >= 0.3 is 5.97 Å². The third-order valence-corrected chi connectivity index (χ3v) is 9.37. The van der Waals surface area contributed by atoms with E-state index < -0.39 is 0 Å². The summed E-state index contributed by atoms with van der Waals surface area (Å²) in [5.41, 5.74) is 7.84. The lowest BCUT2D eigenvalue weighted by atomic mass is 9.75. The molecule has 196 valence electrons. The van der Waals surface area contributed by atoms with Gasteiger partial charge in [0.2, 0.25) is 0 Å². The number of ether oxygens (including phenoxy) is 1. The number of imidazole rings is 1. The van der Waals surface area contributed by atoms with Crippen molar-refractivity contribution in [3.8, 4) is 21.7 Å². The number of benzene rings is 1. The lowest BCUT2D eigenvalue weighted by molar-refractivity contribution is 0.0606. The fourth-order valence-corrected chi connectivity index (χ4v) is 7.11. The molecule has 0 bridgehead atoms. The Balaban J connectivity index is 1.37. The Morgan fingerprint density at radius 1 is 1.08 bits per heavy atom. The second-order valence-corrected chi connectivity index (χ2v) is 11.9. The molecule has 0 atom stereocenters. The molecule has 2 aliphatic rings. The number of fused-ring (bicyclic) bond motifs is 1. The van der Waals surface area contributed by atoms with Gasteiger partial charge in [-0.05, 0) is 73.1 Å². The smallest absolute Gasteiger partial charge is 0.348 e. The first-order chi connectivity index (χ1) is 18.5. The number of carbonyl (C=O) groups is 1. The van der Waals surface area contributed by atoms with Gasteiger partial charge in [0.1, 0.15) is 4.88 Å². The largest absolute Gasteiger partial charge is 0.465 e. The van der Waals surface area contributed by atoms with Crippen LogP contribution in [0.15, 0.2) is 60.4 Å². The fraction of sp³-hybridized carbons (Fsp3) is 0.387. The van der Waals surface area contributed by atoms with Crippen molar-refractivity contribution in [1.29, 1.82) is 0 Å². The summed E-state index contributed by atoms with van der Waals surface area (Å²) in [4.78, 5) is 21.9. The molecule has 0 radical (unpaired) electrons. The summed E-state index contributed by atoms with van der Waals surface area (Å²) in [7, 11) is 3.69. The van der Waals surface area contributed by atoms with Gasteiger partial charge in [-0.3, -0.25) is 0 Å². The second-order valence-electron chi connectivity index (χ2n) is 10.8. The molecular weight excluding hydrogens is 492 g/mol. The van der Waals surface area contributed by atoms with Crippen molar-refractivity contribution in [3.05, 3.63) is 70.9 Å². The van der Waals surface area contributed by atoms with Gasteiger partial charge in [-0.25, -0.2) is 14.3 Å². The van der Waals surface area contributed by atoms with Crippen LogP contribution in [0.4, 0.5) is 0 Å². The summed E-state index contributed by atoms with van der Waals surface area (Å²) >= 11 is 1.54. The number of likely N-dealkylation sites (N-methyl/N-ethyl adjacent to an activating group) is 1. The molecule has 1 saturated carbocycles. The van der Waals surface area contributed by atoms with Crippen LogP contribution in [0.3, 0.4) is 0 Å². The normalized spacial score (nSPS) is 20.7. The monoisotopic (exact) mass is 526 g/mol. The molecule has 6 rings (SSSR count). The molecule has 6 nitrogen and oxygen atoms in total. The number of esters is 1. The molecule has 1 aromatic carbocycles. The molecular formula is C31H34N4O2S. The van der Waals surface area contributed by atoms with E-state index in [-0.39, 0.29) is 5.97 Å². The number of hydrogen-bond acceptors (Lipinski definition) is 6. The molecule has 4 heterocycles. The topological polar surface area (TPSA) is 59.7 Å². The minimum Gasteiger partial charge on any atom is -0.465 e. The first-order valence-corrected chi connectivity index (χ1v) is 14.4. The van der Waals surface area contributed by atoms with E-state index in [1.165, 1.54) is 43.9 Å².